The summed E-state index contributed by atoms with van der Waals surface area (Å²) in [7, 11) is -0.423. The SMILES string of the molecule is CCCCCCCCCCCOc1ccc(CCC(COP(=O)(O)OCCN(C)C)CC(C)=O)cc1. The van der Waals surface area contributed by atoms with Gasteiger partial charge in [-0.2, -0.15) is 0 Å². The fourth-order valence-corrected chi connectivity index (χ4v) is 4.74. The van der Waals surface area contributed by atoms with Crippen LogP contribution in [0.15, 0.2) is 24.3 Å². The summed E-state index contributed by atoms with van der Waals surface area (Å²) in [5.74, 6) is 0.756. The van der Waals surface area contributed by atoms with Crippen LogP contribution in [0.25, 0.3) is 0 Å². The highest BCUT2D eigenvalue weighted by atomic mass is 31.2. The first-order chi connectivity index (χ1) is 17.2. The van der Waals surface area contributed by atoms with E-state index in [4.69, 9.17) is 13.8 Å². The molecule has 8 heteroatoms. The van der Waals surface area contributed by atoms with Gasteiger partial charge in [-0.1, -0.05) is 70.4 Å². The molecule has 0 heterocycles. The summed E-state index contributed by atoms with van der Waals surface area (Å²) in [4.78, 5) is 23.4. The van der Waals surface area contributed by atoms with Gasteiger partial charge in [-0.15, -0.1) is 0 Å². The van der Waals surface area contributed by atoms with E-state index in [1.807, 2.05) is 43.3 Å². The van der Waals surface area contributed by atoms with Gasteiger partial charge >= 0.3 is 7.82 Å². The molecule has 0 saturated carbocycles. The molecule has 0 spiro atoms. The van der Waals surface area contributed by atoms with Gasteiger partial charge in [-0.25, -0.2) is 4.57 Å². The van der Waals surface area contributed by atoms with Crippen molar-refractivity contribution >= 4 is 13.6 Å². The number of carbonyl (C=O) groups excluding carboxylic acids is 1. The molecular weight excluding hydrogens is 477 g/mol. The number of carbonyl (C=O) groups is 1. The molecule has 0 aliphatic heterocycles. The Kier molecular flexibility index (Phi) is 18.0. The Bertz CT molecular complexity index is 740. The van der Waals surface area contributed by atoms with Crippen LogP contribution in [0.2, 0.25) is 0 Å². The molecule has 1 aromatic rings. The predicted molar refractivity (Wildman–Crippen MR) is 147 cm³/mol. The Morgan fingerprint density at radius 2 is 1.56 bits per heavy atom. The van der Waals surface area contributed by atoms with Crippen LogP contribution in [-0.2, 0) is 24.8 Å². The van der Waals surface area contributed by atoms with E-state index in [0.29, 0.717) is 19.4 Å². The number of phosphoric acid groups is 1. The molecule has 0 aromatic heterocycles. The Morgan fingerprint density at radius 1 is 0.944 bits per heavy atom. The van der Waals surface area contributed by atoms with Crippen LogP contribution in [0.5, 0.6) is 5.75 Å². The normalized spacial score (nSPS) is 14.1. The van der Waals surface area contributed by atoms with E-state index in [1.165, 1.54) is 58.3 Å². The lowest BCUT2D eigenvalue weighted by Gasteiger charge is -2.19. The summed E-state index contributed by atoms with van der Waals surface area (Å²) in [5.41, 5.74) is 1.13. The summed E-state index contributed by atoms with van der Waals surface area (Å²) in [6.07, 6.45) is 13.4. The third-order valence-corrected chi connectivity index (χ3v) is 7.11. The average Bonchev–Trinajstić information content (AvgIpc) is 2.82. The summed E-state index contributed by atoms with van der Waals surface area (Å²) < 4.78 is 28.2. The van der Waals surface area contributed by atoms with Gasteiger partial charge in [0.25, 0.3) is 0 Å². The molecule has 0 amide bonds. The molecule has 36 heavy (non-hydrogen) atoms. The minimum Gasteiger partial charge on any atom is -0.494 e. The van der Waals surface area contributed by atoms with E-state index in [1.54, 1.807) is 0 Å². The molecule has 1 aromatic carbocycles. The third kappa shape index (κ3) is 18.1. The first kappa shape index (κ1) is 32.8. The highest BCUT2D eigenvalue weighted by molar-refractivity contribution is 7.47. The monoisotopic (exact) mass is 527 g/mol. The number of aryl methyl sites for hydroxylation is 1. The number of likely N-dealkylation sites (N-methyl/N-ethyl adjacent to an activating group) is 1. The summed E-state index contributed by atoms with van der Waals surface area (Å²) in [5, 5.41) is 0. The molecule has 0 radical (unpaired) electrons. The molecule has 1 rings (SSSR count). The number of phosphoric ester groups is 1. The van der Waals surface area contributed by atoms with Gasteiger partial charge in [-0.3, -0.25) is 9.05 Å². The average molecular weight is 528 g/mol. The van der Waals surface area contributed by atoms with Crippen molar-refractivity contribution in [3.05, 3.63) is 29.8 Å². The minimum atomic E-state index is -4.13. The maximum absolute atomic E-state index is 12.1. The van der Waals surface area contributed by atoms with Crippen molar-refractivity contribution in [2.45, 2.75) is 90.9 Å². The van der Waals surface area contributed by atoms with Crippen LogP contribution < -0.4 is 4.74 Å². The van der Waals surface area contributed by atoms with Gasteiger partial charge in [0, 0.05) is 13.0 Å². The minimum absolute atomic E-state index is 0.00918. The smallest absolute Gasteiger partial charge is 0.472 e. The van der Waals surface area contributed by atoms with E-state index >= 15 is 0 Å². The zero-order valence-corrected chi connectivity index (χ0v) is 24.0. The van der Waals surface area contributed by atoms with E-state index in [-0.39, 0.29) is 24.9 Å². The standard InChI is InChI=1S/C28H50NO6P/c1-5-6-7-8-9-10-11-12-13-21-33-28-18-16-26(17-19-28)14-15-27(23-25(2)30)24-35-36(31,32)34-22-20-29(3)4/h16-19,27H,5-15,20-24H2,1-4H3,(H,31,32). The summed E-state index contributed by atoms with van der Waals surface area (Å²) in [6, 6.07) is 8.05. The maximum Gasteiger partial charge on any atom is 0.472 e. The molecule has 1 N–H and O–H groups in total. The number of rotatable bonds is 23. The number of nitrogens with zero attached hydrogens (tertiary/aromatic N) is 1. The topological polar surface area (TPSA) is 85.3 Å². The van der Waals surface area contributed by atoms with Crippen LogP contribution in [0.3, 0.4) is 0 Å². The highest BCUT2D eigenvalue weighted by Gasteiger charge is 2.24. The van der Waals surface area contributed by atoms with Gasteiger partial charge in [0.1, 0.15) is 11.5 Å². The summed E-state index contributed by atoms with van der Waals surface area (Å²) in [6.45, 7) is 5.15. The van der Waals surface area contributed by atoms with Crippen molar-refractivity contribution in [1.82, 2.24) is 4.90 Å². The van der Waals surface area contributed by atoms with Crippen LogP contribution >= 0.6 is 7.82 Å². The van der Waals surface area contributed by atoms with Gasteiger partial charge in [0.15, 0.2) is 0 Å². The molecule has 0 bridgehead atoms. The largest absolute Gasteiger partial charge is 0.494 e. The first-order valence-electron chi connectivity index (χ1n) is 13.7. The molecule has 0 aliphatic carbocycles. The Hall–Kier alpha value is -1.24. The molecular formula is C28H50NO6P. The van der Waals surface area contributed by atoms with E-state index in [0.717, 1.165) is 30.8 Å². The number of ketones is 1. The third-order valence-electron chi connectivity index (χ3n) is 6.12. The number of Topliss-reactive ketones (excluding diaryl/α,β-unsaturated/α-hetero) is 1. The zero-order chi connectivity index (χ0) is 26.7. The van der Waals surface area contributed by atoms with Crippen molar-refractivity contribution in [3.63, 3.8) is 0 Å². The van der Waals surface area contributed by atoms with Gasteiger partial charge in [-0.05, 0) is 63.9 Å². The molecule has 7 nitrogen and oxygen atoms in total. The van der Waals surface area contributed by atoms with Gasteiger partial charge < -0.3 is 19.3 Å². The Morgan fingerprint density at radius 3 is 2.14 bits per heavy atom. The Balaban J connectivity index is 2.31. The number of hydrogen-bond acceptors (Lipinski definition) is 6. The number of unbranched alkanes of at least 4 members (excludes halogenated alkanes) is 8. The summed E-state index contributed by atoms with van der Waals surface area (Å²) >= 11 is 0. The Labute approximate surface area is 219 Å². The lowest BCUT2D eigenvalue weighted by Crippen LogP contribution is -2.18. The lowest BCUT2D eigenvalue weighted by atomic mass is 9.96. The van der Waals surface area contributed by atoms with Crippen molar-refractivity contribution in [2.75, 3.05) is 40.5 Å². The van der Waals surface area contributed by atoms with Crippen LogP contribution in [-0.4, -0.2) is 56.0 Å². The van der Waals surface area contributed by atoms with E-state index in [2.05, 4.69) is 6.92 Å². The van der Waals surface area contributed by atoms with Crippen molar-refractivity contribution < 1.29 is 28.0 Å². The second kappa shape index (κ2) is 19.8. The van der Waals surface area contributed by atoms with E-state index < -0.39 is 7.82 Å². The molecule has 0 aliphatic rings. The lowest BCUT2D eigenvalue weighted by molar-refractivity contribution is -0.118. The number of hydrogen-bond donors (Lipinski definition) is 1. The van der Waals surface area contributed by atoms with Crippen LogP contribution in [0.1, 0.15) is 90.0 Å². The van der Waals surface area contributed by atoms with Gasteiger partial charge in [0.2, 0.25) is 0 Å². The molecule has 208 valence electrons. The zero-order valence-electron chi connectivity index (χ0n) is 23.1. The molecule has 0 fully saturated rings. The van der Waals surface area contributed by atoms with Gasteiger partial charge in [0.05, 0.1) is 19.8 Å². The highest BCUT2D eigenvalue weighted by Crippen LogP contribution is 2.43. The van der Waals surface area contributed by atoms with E-state index in [9.17, 15) is 14.3 Å². The number of ether oxygens (including phenoxy) is 1. The number of benzene rings is 1. The van der Waals surface area contributed by atoms with Crippen LogP contribution in [0.4, 0.5) is 0 Å². The quantitative estimate of drug-likeness (QED) is 0.123. The molecule has 0 saturated heterocycles. The van der Waals surface area contributed by atoms with Crippen molar-refractivity contribution in [1.29, 1.82) is 0 Å². The fraction of sp³-hybridized carbons (Fsp3) is 0.750. The fourth-order valence-electron chi connectivity index (χ4n) is 3.95. The molecule has 2 atom stereocenters. The van der Waals surface area contributed by atoms with Crippen molar-refractivity contribution in [3.8, 4) is 5.75 Å². The maximum atomic E-state index is 12.1. The predicted octanol–water partition coefficient (Wildman–Crippen LogP) is 6.82. The second-order valence-corrected chi connectivity index (χ2v) is 11.5. The second-order valence-electron chi connectivity index (χ2n) is 10.0. The molecule has 2 unspecified atom stereocenters. The van der Waals surface area contributed by atoms with Crippen LogP contribution in [0, 0.1) is 5.92 Å². The first-order valence-corrected chi connectivity index (χ1v) is 15.2. The van der Waals surface area contributed by atoms with Crippen molar-refractivity contribution in [2.24, 2.45) is 5.92 Å².